The standard InChI is InChI=1S/C42H53N5O7S/c1-24(2)43-40-45-36(23-55-40)35-21-37(30-17-16-28(52-4)20-34(30)44-35)53-29-18-31-32(19-29)39(50)47-42(25(3)48)22-26(42)12-8-6-5-7-9-15-33(38(31)49)46-41(51)54-27-13-10-11-14-27/h8,12,16-17,20-21,23-24,26-27,29,31-33H,5-7,9-11,13-15,18-19,22H2,1-4H3,(H,43,45)(H,46,51)(H,47,50)/b12-8-/t26-,29+,31?,32-,33+,42+/m1/s1. The van der Waals surface area contributed by atoms with E-state index in [0.717, 1.165) is 61.9 Å². The summed E-state index contributed by atoms with van der Waals surface area (Å²) in [7, 11) is 1.60. The average molecular weight is 772 g/mol. The topological polar surface area (TPSA) is 158 Å². The highest BCUT2D eigenvalue weighted by Crippen LogP contribution is 2.47. The molecule has 0 spiro atoms. The summed E-state index contributed by atoms with van der Waals surface area (Å²) in [5, 5.41) is 12.8. The summed E-state index contributed by atoms with van der Waals surface area (Å²) in [5.41, 5.74) is 0.982. The largest absolute Gasteiger partial charge is 0.497 e. The van der Waals surface area contributed by atoms with E-state index in [4.69, 9.17) is 24.2 Å². The molecule has 1 aliphatic heterocycles. The second-order valence-corrected chi connectivity index (χ2v) is 16.8. The molecule has 12 nitrogen and oxygen atoms in total. The second-order valence-electron chi connectivity index (χ2n) is 16.0. The van der Waals surface area contributed by atoms with Crippen LogP contribution in [0.5, 0.6) is 11.5 Å². The molecule has 2 aromatic heterocycles. The average Bonchev–Trinajstić information content (AvgIpc) is 3.58. The van der Waals surface area contributed by atoms with Crippen LogP contribution in [0.25, 0.3) is 22.3 Å². The second kappa shape index (κ2) is 16.7. The lowest BCUT2D eigenvalue weighted by Gasteiger charge is -2.26. The van der Waals surface area contributed by atoms with Crippen LogP contribution < -0.4 is 25.4 Å². The van der Waals surface area contributed by atoms with Crippen molar-refractivity contribution in [1.82, 2.24) is 20.6 Å². The van der Waals surface area contributed by atoms with Gasteiger partial charge in [0, 0.05) is 40.8 Å². The molecule has 3 aromatic rings. The minimum atomic E-state index is -0.977. The summed E-state index contributed by atoms with van der Waals surface area (Å²) in [5.74, 6) is -1.04. The Morgan fingerprint density at radius 1 is 0.964 bits per heavy atom. The van der Waals surface area contributed by atoms with Crippen molar-refractivity contribution < 1.29 is 33.4 Å². The first kappa shape index (κ1) is 38.7. The van der Waals surface area contributed by atoms with Crippen LogP contribution in [0.3, 0.4) is 0 Å². The maximum absolute atomic E-state index is 14.7. The summed E-state index contributed by atoms with van der Waals surface area (Å²) in [4.78, 5) is 64.9. The number of allylic oxidation sites excluding steroid dienone is 1. The molecule has 55 heavy (non-hydrogen) atoms. The van der Waals surface area contributed by atoms with Crippen LogP contribution in [-0.2, 0) is 19.1 Å². The van der Waals surface area contributed by atoms with E-state index < -0.39 is 35.6 Å². The fraction of sp³-hybridized carbons (Fsp3) is 0.571. The molecule has 0 bridgehead atoms. The van der Waals surface area contributed by atoms with E-state index in [1.807, 2.05) is 29.6 Å². The molecule has 1 aromatic carbocycles. The van der Waals surface area contributed by atoms with E-state index in [-0.39, 0.29) is 48.4 Å². The number of fused-ring (bicyclic) bond motifs is 3. The number of amides is 2. The van der Waals surface area contributed by atoms with Crippen molar-refractivity contribution in [1.29, 1.82) is 0 Å². The van der Waals surface area contributed by atoms with Crippen molar-refractivity contribution in [3.05, 3.63) is 41.8 Å². The molecule has 0 radical (unpaired) electrons. The Labute approximate surface area is 326 Å². The molecule has 3 aliphatic carbocycles. The Morgan fingerprint density at radius 2 is 1.75 bits per heavy atom. The van der Waals surface area contributed by atoms with Crippen LogP contribution in [-0.4, -0.2) is 70.5 Å². The summed E-state index contributed by atoms with van der Waals surface area (Å²) < 4.78 is 18.1. The van der Waals surface area contributed by atoms with E-state index in [1.165, 1.54) is 18.3 Å². The third-order valence-corrected chi connectivity index (χ3v) is 12.4. The Hall–Kier alpha value is -4.52. The minimum absolute atomic E-state index is 0.0815. The summed E-state index contributed by atoms with van der Waals surface area (Å²) in [6.07, 6.45) is 11.4. The minimum Gasteiger partial charge on any atom is -0.497 e. The molecule has 3 heterocycles. The molecule has 6 atom stereocenters. The number of hydrogen-bond acceptors (Lipinski definition) is 11. The monoisotopic (exact) mass is 771 g/mol. The van der Waals surface area contributed by atoms with Crippen molar-refractivity contribution in [2.24, 2.45) is 17.8 Å². The van der Waals surface area contributed by atoms with Gasteiger partial charge in [-0.25, -0.2) is 14.8 Å². The fourth-order valence-electron chi connectivity index (χ4n) is 8.50. The number of anilines is 1. The quantitative estimate of drug-likeness (QED) is 0.186. The van der Waals surface area contributed by atoms with Gasteiger partial charge in [0.15, 0.2) is 16.7 Å². The number of methoxy groups -OCH3 is 1. The van der Waals surface area contributed by atoms with Gasteiger partial charge in [-0.15, -0.1) is 11.3 Å². The molecule has 3 fully saturated rings. The maximum Gasteiger partial charge on any atom is 0.407 e. The highest BCUT2D eigenvalue weighted by Gasteiger charge is 2.59. The number of Topliss-reactive ketones (excluding diaryl/α,β-unsaturated/α-hetero) is 2. The molecule has 0 saturated heterocycles. The lowest BCUT2D eigenvalue weighted by molar-refractivity contribution is -0.135. The van der Waals surface area contributed by atoms with Gasteiger partial charge in [-0.05, 0) is 97.1 Å². The highest BCUT2D eigenvalue weighted by molar-refractivity contribution is 7.14. The van der Waals surface area contributed by atoms with E-state index in [1.54, 1.807) is 7.11 Å². The number of alkyl carbamates (subject to hydrolysis) is 1. The van der Waals surface area contributed by atoms with Crippen LogP contribution in [0, 0.1) is 17.8 Å². The molecular weight excluding hydrogens is 719 g/mol. The number of nitrogens with one attached hydrogen (secondary N) is 3. The lowest BCUT2D eigenvalue weighted by Crippen LogP contribution is -2.50. The Morgan fingerprint density at radius 3 is 2.51 bits per heavy atom. The van der Waals surface area contributed by atoms with Gasteiger partial charge in [0.25, 0.3) is 0 Å². The van der Waals surface area contributed by atoms with Gasteiger partial charge in [-0.3, -0.25) is 14.4 Å². The first-order chi connectivity index (χ1) is 26.5. The van der Waals surface area contributed by atoms with E-state index >= 15 is 0 Å². The zero-order valence-electron chi connectivity index (χ0n) is 32.2. The van der Waals surface area contributed by atoms with E-state index in [9.17, 15) is 19.2 Å². The number of thiazole rings is 1. The van der Waals surface area contributed by atoms with Crippen LogP contribution in [0.2, 0.25) is 0 Å². The zero-order chi connectivity index (χ0) is 38.7. The van der Waals surface area contributed by atoms with Crippen molar-refractivity contribution >= 4 is 50.9 Å². The van der Waals surface area contributed by atoms with Gasteiger partial charge in [0.1, 0.15) is 34.9 Å². The number of hydrogen-bond donors (Lipinski definition) is 3. The smallest absolute Gasteiger partial charge is 0.407 e. The number of ether oxygens (including phenoxy) is 3. The normalized spacial score (nSPS) is 28.0. The van der Waals surface area contributed by atoms with Crippen LogP contribution in [0.4, 0.5) is 9.93 Å². The predicted molar refractivity (Wildman–Crippen MR) is 211 cm³/mol. The highest BCUT2D eigenvalue weighted by atomic mass is 32.1. The van der Waals surface area contributed by atoms with Gasteiger partial charge >= 0.3 is 6.09 Å². The first-order valence-corrected chi connectivity index (χ1v) is 20.8. The van der Waals surface area contributed by atoms with Gasteiger partial charge in [0.05, 0.1) is 30.3 Å². The Bertz CT molecular complexity index is 1940. The number of ketones is 2. The molecule has 13 heteroatoms. The summed E-state index contributed by atoms with van der Waals surface area (Å²) in [6.45, 7) is 5.63. The molecule has 1 unspecified atom stereocenters. The molecule has 4 aliphatic rings. The molecule has 294 valence electrons. The molecule has 2 amide bonds. The third-order valence-electron chi connectivity index (χ3n) is 11.6. The maximum atomic E-state index is 14.7. The number of rotatable bonds is 9. The van der Waals surface area contributed by atoms with Gasteiger partial charge in [-0.1, -0.05) is 25.0 Å². The molecule has 3 saturated carbocycles. The lowest BCUT2D eigenvalue weighted by atomic mass is 9.85. The van der Waals surface area contributed by atoms with Crippen molar-refractivity contribution in [2.45, 2.75) is 128 Å². The first-order valence-electron chi connectivity index (χ1n) is 19.9. The zero-order valence-corrected chi connectivity index (χ0v) is 33.0. The number of pyridine rings is 1. The van der Waals surface area contributed by atoms with Gasteiger partial charge in [0.2, 0.25) is 5.91 Å². The van der Waals surface area contributed by atoms with Crippen LogP contribution >= 0.6 is 11.3 Å². The molecule has 7 rings (SSSR count). The SMILES string of the molecule is COc1ccc2c(O[C@H]3CC4C(=O)[C@@H](NC(=O)OC5CCCC5)CCCCC/C=C\[C@@H]5C[C@@]5(C(C)=O)NC(=O)[C@@H]4C3)cc(-c3csc(NC(C)C)n3)nc2c1. The van der Waals surface area contributed by atoms with E-state index in [2.05, 4.69) is 41.9 Å². The van der Waals surface area contributed by atoms with Crippen LogP contribution in [0.1, 0.15) is 97.8 Å². The number of carbonyl (C=O) groups excluding carboxylic acids is 4. The van der Waals surface area contributed by atoms with Crippen LogP contribution in [0.15, 0.2) is 41.8 Å². The summed E-state index contributed by atoms with van der Waals surface area (Å²) >= 11 is 1.49. The van der Waals surface area contributed by atoms with Gasteiger partial charge < -0.3 is 30.2 Å². The summed E-state index contributed by atoms with van der Waals surface area (Å²) in [6, 6.07) is 6.85. The number of carbonyl (C=O) groups is 4. The van der Waals surface area contributed by atoms with Gasteiger partial charge in [-0.2, -0.15) is 0 Å². The molecule has 3 N–H and O–H groups in total. The van der Waals surface area contributed by atoms with Crippen molar-refractivity contribution in [3.63, 3.8) is 0 Å². The predicted octanol–water partition coefficient (Wildman–Crippen LogP) is 7.55. The number of benzene rings is 1. The Kier molecular flexibility index (Phi) is 11.8. The van der Waals surface area contributed by atoms with Crippen molar-refractivity contribution in [3.8, 4) is 22.9 Å². The Balaban J connectivity index is 1.20. The van der Waals surface area contributed by atoms with E-state index in [0.29, 0.717) is 41.2 Å². The number of aromatic nitrogens is 2. The number of nitrogens with zero attached hydrogens (tertiary/aromatic N) is 2. The third kappa shape index (κ3) is 8.82. The molecular formula is C42H53N5O7S. The fourth-order valence-corrected chi connectivity index (χ4v) is 9.35. The van der Waals surface area contributed by atoms with Crippen molar-refractivity contribution in [2.75, 3.05) is 12.4 Å².